The summed E-state index contributed by atoms with van der Waals surface area (Å²) in [7, 11) is 0. The summed E-state index contributed by atoms with van der Waals surface area (Å²) in [5, 5.41) is 12.9. The first-order valence-electron chi connectivity index (χ1n) is 8.05. The van der Waals surface area contributed by atoms with Gasteiger partial charge in [-0.3, -0.25) is 0 Å². The predicted octanol–water partition coefficient (Wildman–Crippen LogP) is 2.68. The molecule has 2 aromatic rings. The van der Waals surface area contributed by atoms with E-state index in [2.05, 4.69) is 21.4 Å². The molecule has 4 rings (SSSR count). The Kier molecular flexibility index (Phi) is 3.68. The first kappa shape index (κ1) is 14.2. The Labute approximate surface area is 135 Å². The molecule has 0 aliphatic carbocycles. The Hall–Kier alpha value is -2.45. The predicted molar refractivity (Wildman–Crippen MR) is 85.8 cm³/mol. The maximum absolute atomic E-state index is 9.28. The van der Waals surface area contributed by atoms with Crippen molar-refractivity contribution in [2.24, 2.45) is 0 Å². The number of rotatable bonds is 3. The van der Waals surface area contributed by atoms with Crippen molar-refractivity contribution in [2.75, 3.05) is 0 Å². The second kappa shape index (κ2) is 5.98. The minimum absolute atomic E-state index is 0.215. The molecule has 3 atom stereocenters. The van der Waals surface area contributed by atoms with E-state index in [0.29, 0.717) is 23.5 Å². The zero-order chi connectivity index (χ0) is 15.6. The van der Waals surface area contributed by atoms with E-state index in [4.69, 9.17) is 4.74 Å². The van der Waals surface area contributed by atoms with Gasteiger partial charge in [-0.15, -0.1) is 0 Å². The summed E-state index contributed by atoms with van der Waals surface area (Å²) in [5.74, 6) is 1.35. The van der Waals surface area contributed by atoms with Crippen molar-refractivity contribution in [3.8, 4) is 23.2 Å². The van der Waals surface area contributed by atoms with Crippen LogP contribution in [0.5, 0.6) is 5.75 Å². The van der Waals surface area contributed by atoms with Crippen molar-refractivity contribution in [3.05, 3.63) is 42.2 Å². The molecule has 1 aromatic carbocycles. The van der Waals surface area contributed by atoms with Crippen LogP contribution in [0, 0.1) is 11.3 Å². The molecule has 3 heterocycles. The number of piperidine rings is 1. The zero-order valence-electron chi connectivity index (χ0n) is 12.8. The number of nitrogens with zero attached hydrogens (tertiary/aromatic N) is 3. The number of hydrogen-bond donors (Lipinski definition) is 1. The van der Waals surface area contributed by atoms with Gasteiger partial charge in [0.15, 0.2) is 5.82 Å². The molecule has 1 N–H and O–H groups in total. The molecule has 2 bridgehead atoms. The molecule has 2 saturated heterocycles. The fourth-order valence-corrected chi connectivity index (χ4v) is 3.60. The van der Waals surface area contributed by atoms with Crippen LogP contribution in [-0.2, 0) is 0 Å². The van der Waals surface area contributed by atoms with E-state index in [9.17, 15) is 5.26 Å². The summed E-state index contributed by atoms with van der Waals surface area (Å²) in [6, 6.07) is 10.7. The average molecular weight is 306 g/mol. The van der Waals surface area contributed by atoms with Crippen LogP contribution in [0.3, 0.4) is 0 Å². The van der Waals surface area contributed by atoms with Gasteiger partial charge in [-0.2, -0.15) is 5.26 Å². The summed E-state index contributed by atoms with van der Waals surface area (Å²) in [5.41, 5.74) is 1.39. The van der Waals surface area contributed by atoms with E-state index in [1.54, 1.807) is 30.6 Å². The van der Waals surface area contributed by atoms with Crippen molar-refractivity contribution >= 4 is 0 Å². The SMILES string of the molecule is N#Cc1cc(O[C@@H]2C[C@H]3CC[C@@H](C2)N3)cc(-c2ncccn2)c1. The minimum Gasteiger partial charge on any atom is -0.490 e. The first-order chi connectivity index (χ1) is 11.3. The second-order valence-corrected chi connectivity index (χ2v) is 6.28. The fraction of sp³-hybridized carbons (Fsp3) is 0.389. The molecule has 0 amide bonds. The zero-order valence-corrected chi connectivity index (χ0v) is 12.8. The number of hydrogen-bond acceptors (Lipinski definition) is 5. The Morgan fingerprint density at radius 2 is 1.83 bits per heavy atom. The quantitative estimate of drug-likeness (QED) is 0.944. The van der Waals surface area contributed by atoms with Gasteiger partial charge in [0.1, 0.15) is 11.9 Å². The highest BCUT2D eigenvalue weighted by atomic mass is 16.5. The van der Waals surface area contributed by atoms with Gasteiger partial charge in [-0.1, -0.05) is 0 Å². The maximum atomic E-state index is 9.28. The molecule has 2 aliphatic rings. The van der Waals surface area contributed by atoms with Gasteiger partial charge >= 0.3 is 0 Å². The van der Waals surface area contributed by atoms with Gasteiger partial charge in [0.05, 0.1) is 11.6 Å². The van der Waals surface area contributed by atoms with Gasteiger partial charge in [-0.25, -0.2) is 9.97 Å². The van der Waals surface area contributed by atoms with E-state index >= 15 is 0 Å². The molecule has 0 spiro atoms. The topological polar surface area (TPSA) is 70.8 Å². The molecule has 5 nitrogen and oxygen atoms in total. The van der Waals surface area contributed by atoms with Gasteiger partial charge in [0, 0.05) is 30.0 Å². The third kappa shape index (κ3) is 3.03. The highest BCUT2D eigenvalue weighted by molar-refractivity contribution is 5.60. The van der Waals surface area contributed by atoms with Crippen LogP contribution in [0.2, 0.25) is 0 Å². The molecular formula is C18H18N4O. The van der Waals surface area contributed by atoms with Crippen molar-refractivity contribution < 1.29 is 4.74 Å². The second-order valence-electron chi connectivity index (χ2n) is 6.28. The lowest BCUT2D eigenvalue weighted by molar-refractivity contribution is 0.137. The number of benzene rings is 1. The number of aromatic nitrogens is 2. The molecular weight excluding hydrogens is 288 g/mol. The van der Waals surface area contributed by atoms with E-state index in [1.165, 1.54) is 12.8 Å². The van der Waals surface area contributed by atoms with Crippen LogP contribution in [0.4, 0.5) is 0 Å². The van der Waals surface area contributed by atoms with E-state index in [1.807, 2.05) is 6.07 Å². The lowest BCUT2D eigenvalue weighted by Gasteiger charge is -2.29. The summed E-state index contributed by atoms with van der Waals surface area (Å²) < 4.78 is 6.19. The lowest BCUT2D eigenvalue weighted by Crippen LogP contribution is -2.42. The molecule has 0 saturated carbocycles. The van der Waals surface area contributed by atoms with Crippen molar-refractivity contribution in [3.63, 3.8) is 0 Å². The number of nitriles is 1. The van der Waals surface area contributed by atoms with Crippen LogP contribution in [-0.4, -0.2) is 28.2 Å². The smallest absolute Gasteiger partial charge is 0.159 e. The van der Waals surface area contributed by atoms with Crippen molar-refractivity contribution in [1.29, 1.82) is 5.26 Å². The normalized spacial score (nSPS) is 25.8. The largest absolute Gasteiger partial charge is 0.490 e. The number of nitrogens with one attached hydrogen (secondary N) is 1. The third-order valence-electron chi connectivity index (χ3n) is 4.59. The van der Waals surface area contributed by atoms with Gasteiger partial charge in [-0.05, 0) is 49.9 Å². The molecule has 23 heavy (non-hydrogen) atoms. The summed E-state index contributed by atoms with van der Waals surface area (Å²) in [4.78, 5) is 8.52. The van der Waals surface area contributed by atoms with Gasteiger partial charge in [0.25, 0.3) is 0 Å². The van der Waals surface area contributed by atoms with E-state index in [-0.39, 0.29) is 6.10 Å². The van der Waals surface area contributed by atoms with Gasteiger partial charge < -0.3 is 10.1 Å². The third-order valence-corrected chi connectivity index (χ3v) is 4.59. The minimum atomic E-state index is 0.215. The molecule has 0 radical (unpaired) electrons. The Balaban J connectivity index is 1.60. The standard InChI is InChI=1S/C18H18N4O/c19-11-12-6-13(18-20-4-1-5-21-18)8-16(7-12)23-17-9-14-2-3-15(10-17)22-14/h1,4-8,14-15,17,22H,2-3,9-10H2/t14-,15+,17-. The Bertz CT molecular complexity index is 728. The first-order valence-corrected chi connectivity index (χ1v) is 8.05. The highest BCUT2D eigenvalue weighted by Gasteiger charge is 2.34. The molecule has 0 unspecified atom stereocenters. The molecule has 116 valence electrons. The van der Waals surface area contributed by atoms with Crippen LogP contribution < -0.4 is 10.1 Å². The van der Waals surface area contributed by atoms with Crippen LogP contribution in [0.15, 0.2) is 36.7 Å². The average Bonchev–Trinajstić information content (AvgIpc) is 2.94. The van der Waals surface area contributed by atoms with Crippen LogP contribution >= 0.6 is 0 Å². The summed E-state index contributed by atoms with van der Waals surface area (Å²) in [6.45, 7) is 0. The van der Waals surface area contributed by atoms with E-state index in [0.717, 1.165) is 24.2 Å². The molecule has 5 heteroatoms. The Morgan fingerprint density at radius 1 is 1.09 bits per heavy atom. The highest BCUT2D eigenvalue weighted by Crippen LogP contribution is 2.31. The summed E-state index contributed by atoms with van der Waals surface area (Å²) >= 11 is 0. The van der Waals surface area contributed by atoms with Crippen molar-refractivity contribution in [2.45, 2.75) is 43.9 Å². The van der Waals surface area contributed by atoms with Gasteiger partial charge in [0.2, 0.25) is 0 Å². The lowest BCUT2D eigenvalue weighted by atomic mass is 10.0. The summed E-state index contributed by atoms with van der Waals surface area (Å²) in [6.07, 6.45) is 8.16. The molecule has 2 fully saturated rings. The maximum Gasteiger partial charge on any atom is 0.159 e. The monoisotopic (exact) mass is 306 g/mol. The van der Waals surface area contributed by atoms with Crippen LogP contribution in [0.1, 0.15) is 31.2 Å². The number of ether oxygens (including phenoxy) is 1. The van der Waals surface area contributed by atoms with E-state index < -0.39 is 0 Å². The van der Waals surface area contributed by atoms with Crippen LogP contribution in [0.25, 0.3) is 11.4 Å². The fourth-order valence-electron chi connectivity index (χ4n) is 3.60. The molecule has 2 aliphatic heterocycles. The number of fused-ring (bicyclic) bond motifs is 2. The molecule has 1 aromatic heterocycles. The van der Waals surface area contributed by atoms with Crippen molar-refractivity contribution in [1.82, 2.24) is 15.3 Å². The Morgan fingerprint density at radius 3 is 2.52 bits per heavy atom.